The lowest BCUT2D eigenvalue weighted by atomic mass is 10.2. The lowest BCUT2D eigenvalue weighted by Gasteiger charge is -2.13. The molecule has 2 aromatic rings. The summed E-state index contributed by atoms with van der Waals surface area (Å²) in [5, 5.41) is 3.12. The zero-order valence-corrected chi connectivity index (χ0v) is 12.5. The number of hydrogen-bond donors (Lipinski definition) is 2. The normalized spacial score (nSPS) is 11.9. The summed E-state index contributed by atoms with van der Waals surface area (Å²) in [7, 11) is 0. The molecule has 2 rings (SSSR count). The summed E-state index contributed by atoms with van der Waals surface area (Å²) in [6.45, 7) is 1.85. The first-order chi connectivity index (χ1) is 9.56. The van der Waals surface area contributed by atoms with E-state index in [1.807, 2.05) is 37.3 Å². The van der Waals surface area contributed by atoms with Crippen molar-refractivity contribution in [3.05, 3.63) is 53.6 Å². The van der Waals surface area contributed by atoms with Crippen LogP contribution in [0.1, 0.15) is 6.92 Å². The topological polar surface area (TPSA) is 55.1 Å². The molecule has 0 heterocycles. The van der Waals surface area contributed by atoms with Gasteiger partial charge in [0.25, 0.3) is 0 Å². The Morgan fingerprint density at radius 1 is 1.25 bits per heavy atom. The number of benzene rings is 2. The maximum atomic E-state index is 12.1. The molecule has 0 saturated carbocycles. The second kappa shape index (κ2) is 6.68. The molecular formula is C15H15ClN2OS. The highest BCUT2D eigenvalue weighted by molar-refractivity contribution is 8.00. The molecule has 2 aromatic carbocycles. The lowest BCUT2D eigenvalue weighted by Crippen LogP contribution is -2.22. The van der Waals surface area contributed by atoms with Crippen LogP contribution in [0.5, 0.6) is 0 Å². The third-order valence-corrected chi connectivity index (χ3v) is 4.05. The second-order valence-corrected chi connectivity index (χ2v) is 6.14. The van der Waals surface area contributed by atoms with Crippen LogP contribution in [0.2, 0.25) is 5.02 Å². The van der Waals surface area contributed by atoms with Crippen LogP contribution >= 0.6 is 23.4 Å². The number of hydrogen-bond acceptors (Lipinski definition) is 3. The summed E-state index contributed by atoms with van der Waals surface area (Å²) >= 11 is 7.39. The molecule has 0 bridgehead atoms. The second-order valence-electron chi connectivity index (χ2n) is 4.29. The van der Waals surface area contributed by atoms with E-state index in [1.165, 1.54) is 11.8 Å². The molecule has 0 fully saturated rings. The number of nitrogens with two attached hydrogens (primary N) is 1. The van der Waals surface area contributed by atoms with Crippen molar-refractivity contribution in [2.24, 2.45) is 0 Å². The molecule has 3 N–H and O–H groups in total. The molecule has 3 nitrogen and oxygen atoms in total. The van der Waals surface area contributed by atoms with E-state index < -0.39 is 0 Å². The van der Waals surface area contributed by atoms with Gasteiger partial charge in [-0.25, -0.2) is 0 Å². The summed E-state index contributed by atoms with van der Waals surface area (Å²) < 4.78 is 0. The summed E-state index contributed by atoms with van der Waals surface area (Å²) in [5.41, 5.74) is 6.85. The molecule has 1 amide bonds. The summed E-state index contributed by atoms with van der Waals surface area (Å²) in [6.07, 6.45) is 0. The molecule has 5 heteroatoms. The van der Waals surface area contributed by atoms with Gasteiger partial charge in [0, 0.05) is 9.92 Å². The van der Waals surface area contributed by atoms with Gasteiger partial charge in [-0.1, -0.05) is 29.8 Å². The van der Waals surface area contributed by atoms with E-state index in [0.29, 0.717) is 16.4 Å². The molecule has 0 aliphatic rings. The highest BCUT2D eigenvalue weighted by Crippen LogP contribution is 2.26. The van der Waals surface area contributed by atoms with Crippen molar-refractivity contribution in [3.8, 4) is 0 Å². The standard InChI is InChI=1S/C15H15ClN2OS/c1-10(20-12-5-3-2-4-6-12)15(19)18-14-9-11(16)7-8-13(14)17/h2-10H,17H2,1H3,(H,18,19). The first-order valence-corrected chi connectivity index (χ1v) is 7.39. The molecule has 104 valence electrons. The van der Waals surface area contributed by atoms with Crippen molar-refractivity contribution in [2.45, 2.75) is 17.1 Å². The van der Waals surface area contributed by atoms with E-state index in [9.17, 15) is 4.79 Å². The Bertz CT molecular complexity index is 604. The predicted molar refractivity (Wildman–Crippen MR) is 86.3 cm³/mol. The van der Waals surface area contributed by atoms with Crippen LogP contribution in [0.3, 0.4) is 0 Å². The third kappa shape index (κ3) is 3.92. The molecule has 0 saturated heterocycles. The number of nitrogens with one attached hydrogen (secondary N) is 1. The first kappa shape index (κ1) is 14.8. The molecular weight excluding hydrogens is 292 g/mol. The molecule has 20 heavy (non-hydrogen) atoms. The Hall–Kier alpha value is -1.65. The van der Waals surface area contributed by atoms with Crippen molar-refractivity contribution >= 4 is 40.6 Å². The number of carbonyl (C=O) groups excluding carboxylic acids is 1. The molecule has 0 aliphatic heterocycles. The van der Waals surface area contributed by atoms with Gasteiger partial charge in [-0.2, -0.15) is 0 Å². The van der Waals surface area contributed by atoms with Gasteiger partial charge < -0.3 is 11.1 Å². The summed E-state index contributed by atoms with van der Waals surface area (Å²) in [6, 6.07) is 14.8. The van der Waals surface area contributed by atoms with Crippen molar-refractivity contribution < 1.29 is 4.79 Å². The molecule has 0 aromatic heterocycles. The SMILES string of the molecule is CC(Sc1ccccc1)C(=O)Nc1cc(Cl)ccc1N. The zero-order chi connectivity index (χ0) is 14.5. The smallest absolute Gasteiger partial charge is 0.237 e. The zero-order valence-electron chi connectivity index (χ0n) is 11.0. The van der Waals surface area contributed by atoms with Gasteiger partial charge in [-0.3, -0.25) is 4.79 Å². The van der Waals surface area contributed by atoms with Crippen molar-refractivity contribution in [3.63, 3.8) is 0 Å². The minimum atomic E-state index is -0.226. The Labute approximate surface area is 127 Å². The third-order valence-electron chi connectivity index (χ3n) is 2.70. The average molecular weight is 307 g/mol. The van der Waals surface area contributed by atoms with Crippen molar-refractivity contribution in [2.75, 3.05) is 11.1 Å². The van der Waals surface area contributed by atoms with Crippen LogP contribution in [-0.2, 0) is 4.79 Å². The maximum absolute atomic E-state index is 12.1. The van der Waals surface area contributed by atoms with Gasteiger partial charge in [0.1, 0.15) is 0 Å². The van der Waals surface area contributed by atoms with E-state index in [-0.39, 0.29) is 11.2 Å². The number of anilines is 2. The van der Waals surface area contributed by atoms with Crippen LogP contribution in [0.4, 0.5) is 11.4 Å². The number of nitrogen functional groups attached to an aromatic ring is 1. The Balaban J connectivity index is 2.02. The highest BCUT2D eigenvalue weighted by atomic mass is 35.5. The minimum Gasteiger partial charge on any atom is -0.397 e. The first-order valence-electron chi connectivity index (χ1n) is 6.14. The number of halogens is 1. The lowest BCUT2D eigenvalue weighted by molar-refractivity contribution is -0.115. The Kier molecular flexibility index (Phi) is 4.93. The largest absolute Gasteiger partial charge is 0.397 e. The molecule has 1 atom stereocenters. The van der Waals surface area contributed by atoms with E-state index in [4.69, 9.17) is 17.3 Å². The van der Waals surface area contributed by atoms with E-state index >= 15 is 0 Å². The van der Waals surface area contributed by atoms with Crippen LogP contribution in [0, 0.1) is 0 Å². The van der Waals surface area contributed by atoms with Gasteiger partial charge in [-0.05, 0) is 37.3 Å². The number of rotatable bonds is 4. The van der Waals surface area contributed by atoms with Crippen molar-refractivity contribution in [1.29, 1.82) is 0 Å². The fourth-order valence-electron chi connectivity index (χ4n) is 1.63. The molecule has 1 unspecified atom stereocenters. The van der Waals surface area contributed by atoms with Gasteiger partial charge in [0.05, 0.1) is 16.6 Å². The monoisotopic (exact) mass is 306 g/mol. The molecule has 0 aliphatic carbocycles. The predicted octanol–water partition coefficient (Wildman–Crippen LogP) is 4.04. The number of amides is 1. The number of carbonyl (C=O) groups is 1. The van der Waals surface area contributed by atoms with Gasteiger partial charge in [0.15, 0.2) is 0 Å². The van der Waals surface area contributed by atoms with Crippen LogP contribution in [-0.4, -0.2) is 11.2 Å². The van der Waals surface area contributed by atoms with E-state index in [0.717, 1.165) is 4.90 Å². The van der Waals surface area contributed by atoms with E-state index in [1.54, 1.807) is 18.2 Å². The summed E-state index contributed by atoms with van der Waals surface area (Å²) in [5.74, 6) is -0.104. The molecule has 0 radical (unpaired) electrons. The molecule has 0 spiro atoms. The van der Waals surface area contributed by atoms with Gasteiger partial charge in [0.2, 0.25) is 5.91 Å². The number of thioether (sulfide) groups is 1. The fraction of sp³-hybridized carbons (Fsp3) is 0.133. The van der Waals surface area contributed by atoms with E-state index in [2.05, 4.69) is 5.32 Å². The van der Waals surface area contributed by atoms with Crippen LogP contribution < -0.4 is 11.1 Å². The maximum Gasteiger partial charge on any atom is 0.237 e. The highest BCUT2D eigenvalue weighted by Gasteiger charge is 2.15. The van der Waals surface area contributed by atoms with Crippen LogP contribution in [0.25, 0.3) is 0 Å². The summed E-state index contributed by atoms with van der Waals surface area (Å²) in [4.78, 5) is 13.2. The quantitative estimate of drug-likeness (QED) is 0.662. The van der Waals surface area contributed by atoms with Crippen LogP contribution in [0.15, 0.2) is 53.4 Å². The minimum absolute atomic E-state index is 0.104. The fourth-order valence-corrected chi connectivity index (χ4v) is 2.69. The van der Waals surface area contributed by atoms with Crippen molar-refractivity contribution in [1.82, 2.24) is 0 Å². The average Bonchev–Trinajstić information content (AvgIpc) is 2.44. The van der Waals surface area contributed by atoms with Gasteiger partial charge in [-0.15, -0.1) is 11.8 Å². The Morgan fingerprint density at radius 3 is 2.65 bits per heavy atom. The van der Waals surface area contributed by atoms with Gasteiger partial charge >= 0.3 is 0 Å². The Morgan fingerprint density at radius 2 is 1.95 bits per heavy atom.